The van der Waals surface area contributed by atoms with Crippen molar-refractivity contribution in [2.24, 2.45) is 0 Å². The van der Waals surface area contributed by atoms with Gasteiger partial charge in [-0.25, -0.2) is 13.1 Å². The highest BCUT2D eigenvalue weighted by Crippen LogP contribution is 2.19. The van der Waals surface area contributed by atoms with Crippen LogP contribution in [-0.4, -0.2) is 30.1 Å². The van der Waals surface area contributed by atoms with Crippen molar-refractivity contribution in [2.75, 3.05) is 11.9 Å². The maximum Gasteiger partial charge on any atom is 0.244 e. The minimum absolute atomic E-state index is 0.139. The number of aromatic amines is 1. The van der Waals surface area contributed by atoms with Crippen molar-refractivity contribution < 1.29 is 8.42 Å². The van der Waals surface area contributed by atoms with Crippen LogP contribution in [0.15, 0.2) is 35.7 Å². The number of aromatic nitrogens is 3. The topological polar surface area (TPSA) is 99.8 Å². The Bertz CT molecular complexity index is 624. The average molecular weight is 281 g/mol. The molecule has 2 heterocycles. The summed E-state index contributed by atoms with van der Waals surface area (Å²) in [5.41, 5.74) is 1.30. The van der Waals surface area contributed by atoms with Gasteiger partial charge >= 0.3 is 0 Å². The summed E-state index contributed by atoms with van der Waals surface area (Å²) < 4.78 is 26.9. The molecule has 0 saturated heterocycles. The Morgan fingerprint density at radius 2 is 2.21 bits per heavy atom. The minimum atomic E-state index is -3.61. The summed E-state index contributed by atoms with van der Waals surface area (Å²) in [6.07, 6.45) is 6.08. The van der Waals surface area contributed by atoms with Crippen molar-refractivity contribution in [3.8, 4) is 0 Å². The number of rotatable bonds is 6. The number of nitrogens with zero attached hydrogens (tertiary/aromatic N) is 2. The maximum atomic E-state index is 12.2. The van der Waals surface area contributed by atoms with Crippen molar-refractivity contribution in [3.05, 3.63) is 36.4 Å². The Morgan fingerprint density at radius 1 is 1.37 bits per heavy atom. The molecule has 0 fully saturated rings. The lowest BCUT2D eigenvalue weighted by Gasteiger charge is -2.11. The van der Waals surface area contributed by atoms with Gasteiger partial charge in [-0.3, -0.25) is 10.1 Å². The molecule has 102 valence electrons. The molecule has 3 N–H and O–H groups in total. The van der Waals surface area contributed by atoms with Crippen molar-refractivity contribution >= 4 is 15.7 Å². The Labute approximate surface area is 111 Å². The first-order chi connectivity index (χ1) is 9.13. The van der Waals surface area contributed by atoms with E-state index in [1.165, 1.54) is 6.20 Å². The Balaban J connectivity index is 2.19. The van der Waals surface area contributed by atoms with Gasteiger partial charge in [-0.05, 0) is 13.0 Å². The summed E-state index contributed by atoms with van der Waals surface area (Å²) >= 11 is 0. The number of H-pyrrole nitrogens is 1. The van der Waals surface area contributed by atoms with Gasteiger partial charge in [0.1, 0.15) is 4.90 Å². The van der Waals surface area contributed by atoms with E-state index in [0.717, 1.165) is 5.56 Å². The molecule has 7 nitrogen and oxygen atoms in total. The molecule has 0 aliphatic heterocycles. The van der Waals surface area contributed by atoms with E-state index in [-0.39, 0.29) is 11.4 Å². The molecule has 0 saturated carbocycles. The SMILES string of the molecule is CCNc1ccncc1S(=O)(=O)NCc1cn[nH]c1. The standard InChI is InChI=1S/C11H15N5O2S/c1-2-13-10-3-4-12-8-11(10)19(17,18)16-7-9-5-14-15-6-9/h3-6,8,16H,2,7H2,1H3,(H,12,13)(H,14,15). The van der Waals surface area contributed by atoms with Crippen LogP contribution < -0.4 is 10.0 Å². The van der Waals surface area contributed by atoms with E-state index < -0.39 is 10.0 Å². The van der Waals surface area contributed by atoms with Gasteiger partial charge in [0, 0.05) is 37.2 Å². The number of hydrogen-bond acceptors (Lipinski definition) is 5. The molecule has 0 aliphatic carbocycles. The van der Waals surface area contributed by atoms with E-state index in [1.807, 2.05) is 6.92 Å². The second-order valence-electron chi connectivity index (χ2n) is 3.83. The van der Waals surface area contributed by atoms with Crippen LogP contribution >= 0.6 is 0 Å². The highest BCUT2D eigenvalue weighted by Gasteiger charge is 2.18. The average Bonchev–Trinajstić information content (AvgIpc) is 2.91. The minimum Gasteiger partial charge on any atom is -0.384 e. The number of nitrogens with one attached hydrogen (secondary N) is 3. The van der Waals surface area contributed by atoms with Gasteiger partial charge in [0.05, 0.1) is 11.9 Å². The smallest absolute Gasteiger partial charge is 0.244 e. The van der Waals surface area contributed by atoms with Crippen LogP contribution in [0.5, 0.6) is 0 Å². The number of sulfonamides is 1. The van der Waals surface area contributed by atoms with Gasteiger partial charge < -0.3 is 5.32 Å². The fraction of sp³-hybridized carbons (Fsp3) is 0.273. The lowest BCUT2D eigenvalue weighted by atomic mass is 10.4. The Hall–Kier alpha value is -1.93. The predicted molar refractivity (Wildman–Crippen MR) is 71.0 cm³/mol. The first-order valence-electron chi connectivity index (χ1n) is 5.78. The van der Waals surface area contributed by atoms with E-state index in [2.05, 4.69) is 25.2 Å². The van der Waals surface area contributed by atoms with Crippen molar-refractivity contribution in [1.29, 1.82) is 0 Å². The van der Waals surface area contributed by atoms with E-state index in [1.54, 1.807) is 24.7 Å². The predicted octanol–water partition coefficient (Wildman–Crippen LogP) is 0.715. The van der Waals surface area contributed by atoms with Crippen LogP contribution in [-0.2, 0) is 16.6 Å². The van der Waals surface area contributed by atoms with Gasteiger partial charge in [-0.15, -0.1) is 0 Å². The molecule has 8 heteroatoms. The zero-order chi connectivity index (χ0) is 13.7. The summed E-state index contributed by atoms with van der Waals surface area (Å²) in [5.74, 6) is 0. The van der Waals surface area contributed by atoms with Crippen molar-refractivity contribution in [1.82, 2.24) is 19.9 Å². The summed E-state index contributed by atoms with van der Waals surface area (Å²) in [4.78, 5) is 4.00. The monoisotopic (exact) mass is 281 g/mol. The molecule has 0 aromatic carbocycles. The van der Waals surface area contributed by atoms with Gasteiger partial charge in [0.15, 0.2) is 0 Å². The molecule has 0 amide bonds. The molecule has 0 aliphatic rings. The van der Waals surface area contributed by atoms with E-state index in [4.69, 9.17) is 0 Å². The third-order valence-electron chi connectivity index (χ3n) is 2.46. The van der Waals surface area contributed by atoms with Gasteiger partial charge in [0.2, 0.25) is 10.0 Å². The van der Waals surface area contributed by atoms with Crippen LogP contribution in [0.3, 0.4) is 0 Å². The van der Waals surface area contributed by atoms with E-state index in [0.29, 0.717) is 12.2 Å². The molecule has 2 aromatic heterocycles. The zero-order valence-corrected chi connectivity index (χ0v) is 11.2. The first-order valence-corrected chi connectivity index (χ1v) is 7.27. The lowest BCUT2D eigenvalue weighted by Crippen LogP contribution is -2.24. The molecule has 0 spiro atoms. The molecular formula is C11H15N5O2S. The van der Waals surface area contributed by atoms with Crippen LogP contribution in [0.4, 0.5) is 5.69 Å². The Kier molecular flexibility index (Phi) is 4.13. The summed E-state index contributed by atoms with van der Waals surface area (Å²) in [7, 11) is -3.61. The van der Waals surface area contributed by atoms with Gasteiger partial charge in [0.25, 0.3) is 0 Å². The second-order valence-corrected chi connectivity index (χ2v) is 5.57. The largest absolute Gasteiger partial charge is 0.384 e. The fourth-order valence-corrected chi connectivity index (χ4v) is 2.70. The molecule has 19 heavy (non-hydrogen) atoms. The third kappa shape index (κ3) is 3.30. The van der Waals surface area contributed by atoms with E-state index in [9.17, 15) is 8.42 Å². The normalized spacial score (nSPS) is 11.4. The third-order valence-corrected chi connectivity index (χ3v) is 3.89. The van der Waals surface area contributed by atoms with Gasteiger partial charge in [-0.2, -0.15) is 5.10 Å². The summed E-state index contributed by atoms with van der Waals surface area (Å²) in [5, 5.41) is 9.38. The highest BCUT2D eigenvalue weighted by atomic mass is 32.2. The van der Waals surface area contributed by atoms with Crippen molar-refractivity contribution in [2.45, 2.75) is 18.4 Å². The van der Waals surface area contributed by atoms with Crippen LogP contribution in [0.1, 0.15) is 12.5 Å². The second kappa shape index (κ2) is 5.81. The van der Waals surface area contributed by atoms with Gasteiger partial charge in [-0.1, -0.05) is 0 Å². The quantitative estimate of drug-likeness (QED) is 0.724. The summed E-state index contributed by atoms with van der Waals surface area (Å²) in [6, 6.07) is 1.63. The number of anilines is 1. The highest BCUT2D eigenvalue weighted by molar-refractivity contribution is 7.89. The fourth-order valence-electron chi connectivity index (χ4n) is 1.56. The van der Waals surface area contributed by atoms with Crippen LogP contribution in [0, 0.1) is 0 Å². The molecular weight excluding hydrogens is 266 g/mol. The molecule has 0 radical (unpaired) electrons. The van der Waals surface area contributed by atoms with E-state index >= 15 is 0 Å². The molecule has 0 bridgehead atoms. The number of pyridine rings is 1. The number of hydrogen-bond donors (Lipinski definition) is 3. The maximum absolute atomic E-state index is 12.2. The molecule has 2 rings (SSSR count). The molecule has 2 aromatic rings. The molecule has 0 unspecified atom stereocenters. The van der Waals surface area contributed by atoms with Crippen molar-refractivity contribution in [3.63, 3.8) is 0 Å². The van der Waals surface area contributed by atoms with Crippen LogP contribution in [0.2, 0.25) is 0 Å². The Morgan fingerprint density at radius 3 is 2.89 bits per heavy atom. The van der Waals surface area contributed by atoms with Crippen LogP contribution in [0.25, 0.3) is 0 Å². The summed E-state index contributed by atoms with van der Waals surface area (Å²) in [6.45, 7) is 2.71. The first kappa shape index (κ1) is 13.5. The lowest BCUT2D eigenvalue weighted by molar-refractivity contribution is 0.581. The molecule has 0 atom stereocenters. The zero-order valence-electron chi connectivity index (χ0n) is 10.4.